The van der Waals surface area contributed by atoms with Crippen molar-refractivity contribution in [2.24, 2.45) is 5.14 Å². The number of non-ortho nitro benzene ring substituents is 1. The number of anilines is 4. The summed E-state index contributed by atoms with van der Waals surface area (Å²) in [6.45, 7) is 1.78. The van der Waals surface area contributed by atoms with E-state index >= 15 is 0 Å². The fourth-order valence-corrected chi connectivity index (χ4v) is 3.91. The Morgan fingerprint density at radius 1 is 1.10 bits per heavy atom. The number of benzene rings is 3. The fourth-order valence-electron chi connectivity index (χ4n) is 3.10. The second-order valence-electron chi connectivity index (χ2n) is 7.96. The van der Waals surface area contributed by atoms with Crippen LogP contribution >= 0.6 is 0 Å². The van der Waals surface area contributed by atoms with E-state index in [-0.39, 0.29) is 34.7 Å². The second kappa shape index (κ2) is 13.0. The van der Waals surface area contributed by atoms with Gasteiger partial charge in [0.05, 0.1) is 16.0 Å². The van der Waals surface area contributed by atoms with E-state index in [4.69, 9.17) is 21.4 Å². The molecule has 1 heterocycles. The van der Waals surface area contributed by atoms with E-state index in [0.29, 0.717) is 22.7 Å². The highest BCUT2D eigenvalue weighted by Gasteiger charge is 2.13. The van der Waals surface area contributed by atoms with Crippen molar-refractivity contribution in [3.05, 3.63) is 94.4 Å². The maximum atomic E-state index is 14.2. The summed E-state index contributed by atoms with van der Waals surface area (Å²) in [6.07, 6.45) is 6.14. The van der Waals surface area contributed by atoms with Gasteiger partial charge in [-0.15, -0.1) is 6.42 Å². The van der Waals surface area contributed by atoms with Crippen LogP contribution < -0.4 is 20.5 Å². The van der Waals surface area contributed by atoms with Crippen molar-refractivity contribution < 1.29 is 27.6 Å². The van der Waals surface area contributed by atoms with Gasteiger partial charge in [-0.1, -0.05) is 12.0 Å². The maximum Gasteiger partial charge on any atom is 0.269 e. The van der Waals surface area contributed by atoms with Gasteiger partial charge >= 0.3 is 0 Å². The summed E-state index contributed by atoms with van der Waals surface area (Å²) in [5.74, 6) is 2.31. The molecule has 0 bridgehead atoms. The molecule has 0 aliphatic heterocycles. The van der Waals surface area contributed by atoms with E-state index in [1.807, 2.05) is 0 Å². The van der Waals surface area contributed by atoms with Crippen LogP contribution in [0.4, 0.5) is 33.2 Å². The molecule has 206 valence electrons. The molecule has 14 heteroatoms. The van der Waals surface area contributed by atoms with Crippen LogP contribution in [-0.4, -0.2) is 35.0 Å². The van der Waals surface area contributed by atoms with E-state index in [1.54, 1.807) is 43.3 Å². The maximum absolute atomic E-state index is 14.2. The molecule has 0 unspecified atom stereocenters. The summed E-state index contributed by atoms with van der Waals surface area (Å²) in [7, 11) is -3.89. The number of phenols is 1. The highest BCUT2D eigenvalue weighted by molar-refractivity contribution is 7.89. The molecule has 3 aromatic carbocycles. The summed E-state index contributed by atoms with van der Waals surface area (Å²) in [4.78, 5) is 17.5. The number of aromatic hydroxyl groups is 1. The van der Waals surface area contributed by atoms with Gasteiger partial charge in [-0.3, -0.25) is 10.1 Å². The molecule has 0 saturated heterocycles. The van der Waals surface area contributed by atoms with Crippen LogP contribution in [0.2, 0.25) is 0 Å². The molecule has 0 amide bonds. The van der Waals surface area contributed by atoms with Gasteiger partial charge in [-0.2, -0.15) is 4.98 Å². The van der Waals surface area contributed by atoms with Crippen LogP contribution in [-0.2, 0) is 10.0 Å². The van der Waals surface area contributed by atoms with Gasteiger partial charge in [-0.25, -0.2) is 22.9 Å². The lowest BCUT2D eigenvalue weighted by atomic mass is 10.2. The molecule has 40 heavy (non-hydrogen) atoms. The number of aromatic nitrogens is 2. The van der Waals surface area contributed by atoms with Crippen molar-refractivity contribution in [3.8, 4) is 23.8 Å². The number of halogens is 1. The lowest BCUT2D eigenvalue weighted by molar-refractivity contribution is -0.384. The number of nitrogens with zero attached hydrogens (tertiary/aromatic N) is 3. The summed E-state index contributed by atoms with van der Waals surface area (Å²) >= 11 is 0. The molecule has 1 aromatic heterocycles. The molecular formula is C26H23FN6O6S. The van der Waals surface area contributed by atoms with Crippen LogP contribution in [0.15, 0.2) is 77.8 Å². The summed E-state index contributed by atoms with van der Waals surface area (Å²) in [5, 5.41) is 29.7. The summed E-state index contributed by atoms with van der Waals surface area (Å²) < 4.78 is 42.8. The molecule has 0 atom stereocenters. The molecular weight excluding hydrogens is 543 g/mol. The number of hydrogen-bond donors (Lipinski definition) is 4. The molecule has 0 saturated carbocycles. The Bertz CT molecular complexity index is 1640. The van der Waals surface area contributed by atoms with Gasteiger partial charge in [0.1, 0.15) is 18.1 Å². The van der Waals surface area contributed by atoms with E-state index < -0.39 is 20.8 Å². The zero-order valence-corrected chi connectivity index (χ0v) is 21.7. The molecule has 0 radical (unpaired) electrons. The van der Waals surface area contributed by atoms with Crippen LogP contribution in [0.1, 0.15) is 5.56 Å². The predicted octanol–water partition coefficient (Wildman–Crippen LogP) is 4.37. The van der Waals surface area contributed by atoms with E-state index in [2.05, 4.69) is 26.5 Å². The van der Waals surface area contributed by atoms with E-state index in [0.717, 1.165) is 6.20 Å². The lowest BCUT2D eigenvalue weighted by Crippen LogP contribution is -2.14. The average molecular weight is 567 g/mol. The smallest absolute Gasteiger partial charge is 0.269 e. The number of nitro groups is 1. The summed E-state index contributed by atoms with van der Waals surface area (Å²) in [6, 6.07) is 16.4. The van der Waals surface area contributed by atoms with E-state index in [9.17, 15) is 22.9 Å². The number of phenolic OH excluding ortho intramolecular Hbond substituents is 1. The van der Waals surface area contributed by atoms with Crippen molar-refractivity contribution in [2.75, 3.05) is 17.2 Å². The molecule has 4 aromatic rings. The zero-order chi connectivity index (χ0) is 29.3. The molecule has 12 nitrogen and oxygen atoms in total. The first-order chi connectivity index (χ1) is 19.0. The zero-order valence-electron chi connectivity index (χ0n) is 20.9. The topological polar surface area (TPSA) is 183 Å². The molecule has 5 N–H and O–H groups in total. The Kier molecular flexibility index (Phi) is 9.52. The molecule has 4 rings (SSSR count). The Hall–Kier alpha value is -5.26. The number of sulfonamides is 1. The van der Waals surface area contributed by atoms with Crippen molar-refractivity contribution >= 4 is 38.9 Å². The van der Waals surface area contributed by atoms with Gasteiger partial charge in [0.25, 0.3) is 5.69 Å². The molecule has 0 fully saturated rings. The number of hydrogen-bond acceptors (Lipinski definition) is 10. The Morgan fingerprint density at radius 3 is 2.35 bits per heavy atom. The number of nitro benzene ring substituents is 1. The van der Waals surface area contributed by atoms with Crippen molar-refractivity contribution in [2.45, 2.75) is 11.8 Å². The minimum atomic E-state index is -3.89. The quantitative estimate of drug-likeness (QED) is 0.136. The number of primary sulfonamides is 1. The lowest BCUT2D eigenvalue weighted by Gasteiger charge is -2.11. The highest BCUT2D eigenvalue weighted by Crippen LogP contribution is 2.24. The normalized spacial score (nSPS) is 10.4. The predicted molar refractivity (Wildman–Crippen MR) is 147 cm³/mol. The van der Waals surface area contributed by atoms with Gasteiger partial charge in [0, 0.05) is 23.5 Å². The Balaban J connectivity index is 0.000000371. The number of ether oxygens (including phenoxy) is 1. The van der Waals surface area contributed by atoms with Gasteiger partial charge < -0.3 is 20.5 Å². The van der Waals surface area contributed by atoms with Gasteiger partial charge in [0.2, 0.25) is 16.0 Å². The monoisotopic (exact) mass is 566 g/mol. The Labute approximate surface area is 228 Å². The van der Waals surface area contributed by atoms with Gasteiger partial charge in [-0.05, 0) is 61.0 Å². The first kappa shape index (κ1) is 29.3. The third-order valence-electron chi connectivity index (χ3n) is 4.99. The Morgan fingerprint density at radius 2 is 1.75 bits per heavy atom. The SMILES string of the molecule is C#CCOc1ccc(Nc2nc(Nc3ccc(C)c(S(N)(=O)=O)c3)ncc2F)cc1.O=[N+]([O-])c1ccc(O)cc1. The number of terminal acetylenes is 1. The average Bonchev–Trinajstić information content (AvgIpc) is 2.91. The first-order valence-electron chi connectivity index (χ1n) is 11.3. The molecule has 0 aliphatic rings. The number of nitrogens with one attached hydrogen (secondary N) is 2. The summed E-state index contributed by atoms with van der Waals surface area (Å²) in [5.41, 5.74) is 1.44. The number of rotatable bonds is 8. The van der Waals surface area contributed by atoms with Crippen LogP contribution in [0, 0.1) is 35.2 Å². The van der Waals surface area contributed by atoms with Crippen LogP contribution in [0.25, 0.3) is 0 Å². The largest absolute Gasteiger partial charge is 0.508 e. The van der Waals surface area contributed by atoms with Gasteiger partial charge in [0.15, 0.2) is 11.6 Å². The van der Waals surface area contributed by atoms with Crippen molar-refractivity contribution in [3.63, 3.8) is 0 Å². The molecule has 0 aliphatic carbocycles. The van der Waals surface area contributed by atoms with Crippen LogP contribution in [0.5, 0.6) is 11.5 Å². The first-order valence-corrected chi connectivity index (χ1v) is 12.8. The standard InChI is InChI=1S/C20H18FN5O3S.C6H5NO3/c1-3-10-29-16-8-6-14(7-9-16)24-19-17(21)12-23-20(26-19)25-15-5-4-13(2)18(11-15)30(22,27)28;8-6-3-1-5(2-4-6)7(9)10/h1,4-9,11-12H,10H2,2H3,(H2,22,27,28)(H2,23,24,25,26);1-4,8H. The number of aryl methyl sites for hydroxylation is 1. The number of nitrogens with two attached hydrogens (primary N) is 1. The molecule has 0 spiro atoms. The minimum absolute atomic E-state index is 0.0159. The third-order valence-corrected chi connectivity index (χ3v) is 6.05. The van der Waals surface area contributed by atoms with Crippen LogP contribution in [0.3, 0.4) is 0 Å². The highest BCUT2D eigenvalue weighted by atomic mass is 32.2. The fraction of sp³-hybridized carbons (Fsp3) is 0.0769. The van der Waals surface area contributed by atoms with E-state index in [1.165, 1.54) is 30.3 Å². The van der Waals surface area contributed by atoms with Crippen molar-refractivity contribution in [1.29, 1.82) is 0 Å². The van der Waals surface area contributed by atoms with Crippen molar-refractivity contribution in [1.82, 2.24) is 9.97 Å². The second-order valence-corrected chi connectivity index (χ2v) is 9.49. The minimum Gasteiger partial charge on any atom is -0.508 e. The third kappa shape index (κ3) is 8.38.